The summed E-state index contributed by atoms with van der Waals surface area (Å²) in [6.45, 7) is 0.408. The monoisotopic (exact) mass is 380 g/mol. The number of sulfone groups is 1. The molecule has 11 heteroatoms. The Labute approximate surface area is 149 Å². The Morgan fingerprint density at radius 1 is 0.885 bits per heavy atom. The van der Waals surface area contributed by atoms with E-state index in [0.717, 1.165) is 6.26 Å². The first-order valence-electron chi connectivity index (χ1n) is 7.40. The molecule has 138 valence electrons. The Balaban J connectivity index is 2.12. The Morgan fingerprint density at radius 3 is 2.04 bits per heavy atom. The van der Waals surface area contributed by atoms with E-state index in [1.807, 2.05) is 0 Å². The maximum absolute atomic E-state index is 11.7. The maximum atomic E-state index is 11.7. The van der Waals surface area contributed by atoms with Crippen molar-refractivity contribution in [3.63, 3.8) is 0 Å². The van der Waals surface area contributed by atoms with E-state index in [0.29, 0.717) is 5.69 Å². The Hall–Kier alpha value is -3.21. The molecule has 2 N–H and O–H groups in total. The molecule has 0 aromatic heterocycles. The van der Waals surface area contributed by atoms with Crippen LogP contribution in [-0.2, 0) is 9.84 Å². The van der Waals surface area contributed by atoms with Gasteiger partial charge in [0, 0.05) is 25.4 Å². The van der Waals surface area contributed by atoms with Gasteiger partial charge in [0.2, 0.25) is 0 Å². The van der Waals surface area contributed by atoms with Gasteiger partial charge < -0.3 is 10.6 Å². The Kier molecular flexibility index (Phi) is 5.72. The molecule has 0 spiro atoms. The van der Waals surface area contributed by atoms with Crippen LogP contribution in [0, 0.1) is 20.2 Å². The molecular weight excluding hydrogens is 364 g/mol. The molecule has 0 unspecified atom stereocenters. The van der Waals surface area contributed by atoms with Crippen molar-refractivity contribution in [2.45, 2.75) is 4.90 Å². The van der Waals surface area contributed by atoms with E-state index in [4.69, 9.17) is 0 Å². The number of anilines is 2. The van der Waals surface area contributed by atoms with Gasteiger partial charge >= 0.3 is 5.69 Å². The fourth-order valence-electron chi connectivity index (χ4n) is 2.33. The number of rotatable bonds is 8. The minimum absolute atomic E-state index is 0.0577. The highest BCUT2D eigenvalue weighted by Gasteiger charge is 2.25. The van der Waals surface area contributed by atoms with Crippen LogP contribution in [-0.4, -0.2) is 37.6 Å². The molecule has 0 saturated carbocycles. The van der Waals surface area contributed by atoms with Crippen molar-refractivity contribution in [1.29, 1.82) is 0 Å². The van der Waals surface area contributed by atoms with E-state index < -0.39 is 25.4 Å². The number of nitro benzene ring substituents is 2. The number of nitrogens with zero attached hydrogens (tertiary/aromatic N) is 2. The number of nitro groups is 2. The highest BCUT2D eigenvalue weighted by Crippen LogP contribution is 2.31. The van der Waals surface area contributed by atoms with E-state index in [2.05, 4.69) is 10.6 Å². The van der Waals surface area contributed by atoms with Crippen molar-refractivity contribution in [1.82, 2.24) is 0 Å². The van der Waals surface area contributed by atoms with Crippen LogP contribution in [0.4, 0.5) is 22.7 Å². The van der Waals surface area contributed by atoms with Gasteiger partial charge in [-0.15, -0.1) is 0 Å². The third kappa shape index (κ3) is 4.45. The van der Waals surface area contributed by atoms with Gasteiger partial charge in [0.1, 0.15) is 16.3 Å². The fraction of sp³-hybridized carbons (Fsp3) is 0.200. The van der Waals surface area contributed by atoms with Gasteiger partial charge in [-0.05, 0) is 18.2 Å². The van der Waals surface area contributed by atoms with Crippen molar-refractivity contribution in [2.24, 2.45) is 0 Å². The van der Waals surface area contributed by atoms with Crippen LogP contribution < -0.4 is 10.6 Å². The fourth-order valence-corrected chi connectivity index (χ4v) is 3.19. The van der Waals surface area contributed by atoms with Crippen LogP contribution >= 0.6 is 0 Å². The molecular formula is C15H16N4O6S. The Bertz CT molecular complexity index is 945. The molecule has 0 aliphatic carbocycles. The molecule has 0 bridgehead atoms. The third-order valence-electron chi connectivity index (χ3n) is 3.44. The largest absolute Gasteiger partial charge is 0.378 e. The highest BCUT2D eigenvalue weighted by atomic mass is 32.2. The topological polar surface area (TPSA) is 144 Å². The lowest BCUT2D eigenvalue weighted by molar-refractivity contribution is -0.386. The number of nitrogens with one attached hydrogen (secondary N) is 2. The lowest BCUT2D eigenvalue weighted by Gasteiger charge is -2.11. The summed E-state index contributed by atoms with van der Waals surface area (Å²) < 4.78 is 23.4. The number of hydrogen-bond donors (Lipinski definition) is 2. The van der Waals surface area contributed by atoms with E-state index in [1.165, 1.54) is 24.3 Å². The van der Waals surface area contributed by atoms with E-state index in [-0.39, 0.29) is 29.4 Å². The lowest BCUT2D eigenvalue weighted by Crippen LogP contribution is -2.16. The molecule has 0 atom stereocenters. The molecule has 0 aliphatic heterocycles. The molecule has 2 aromatic rings. The summed E-state index contributed by atoms with van der Waals surface area (Å²) in [5, 5.41) is 27.9. The van der Waals surface area contributed by atoms with Crippen LogP contribution in [0.1, 0.15) is 0 Å². The average Bonchev–Trinajstić information content (AvgIpc) is 2.57. The second kappa shape index (κ2) is 7.78. The van der Waals surface area contributed by atoms with Crippen LogP contribution in [0.3, 0.4) is 0 Å². The summed E-state index contributed by atoms with van der Waals surface area (Å²) in [4.78, 5) is 20.6. The summed E-state index contributed by atoms with van der Waals surface area (Å²) in [5.41, 5.74) is -0.237. The second-order valence-electron chi connectivity index (χ2n) is 5.31. The predicted molar refractivity (Wildman–Crippen MR) is 96.3 cm³/mol. The van der Waals surface area contributed by atoms with Crippen molar-refractivity contribution in [2.75, 3.05) is 30.0 Å². The van der Waals surface area contributed by atoms with E-state index >= 15 is 0 Å². The van der Waals surface area contributed by atoms with E-state index in [9.17, 15) is 28.6 Å². The summed E-state index contributed by atoms with van der Waals surface area (Å²) >= 11 is 0. The van der Waals surface area contributed by atoms with Crippen molar-refractivity contribution >= 4 is 32.6 Å². The maximum Gasteiger partial charge on any atom is 0.310 e. The molecule has 0 radical (unpaired) electrons. The van der Waals surface area contributed by atoms with Crippen LogP contribution in [0.15, 0.2) is 47.4 Å². The molecule has 0 aliphatic rings. The zero-order chi connectivity index (χ0) is 19.3. The van der Waals surface area contributed by atoms with Crippen molar-refractivity contribution < 1.29 is 18.3 Å². The van der Waals surface area contributed by atoms with Gasteiger partial charge in [-0.2, -0.15) is 0 Å². The normalized spacial score (nSPS) is 11.0. The van der Waals surface area contributed by atoms with Gasteiger partial charge in [0.05, 0.1) is 9.85 Å². The molecule has 0 heterocycles. The van der Waals surface area contributed by atoms with E-state index in [1.54, 1.807) is 18.2 Å². The zero-order valence-electron chi connectivity index (χ0n) is 13.7. The molecule has 0 fully saturated rings. The van der Waals surface area contributed by atoms with Gasteiger partial charge in [-0.3, -0.25) is 20.2 Å². The second-order valence-corrected chi connectivity index (χ2v) is 7.29. The molecule has 0 amide bonds. The number of para-hydroxylation sites is 3. The summed E-state index contributed by atoms with van der Waals surface area (Å²) in [6, 6.07) is 10.1. The van der Waals surface area contributed by atoms with Crippen molar-refractivity contribution in [3.8, 4) is 0 Å². The smallest absolute Gasteiger partial charge is 0.310 e. The van der Waals surface area contributed by atoms with Crippen LogP contribution in [0.2, 0.25) is 0 Å². The van der Waals surface area contributed by atoms with Crippen molar-refractivity contribution in [3.05, 3.63) is 62.7 Å². The van der Waals surface area contributed by atoms with Crippen LogP contribution in [0.5, 0.6) is 0 Å². The minimum Gasteiger partial charge on any atom is -0.378 e. The summed E-state index contributed by atoms with van der Waals surface area (Å²) in [5.74, 6) is 0. The molecule has 2 rings (SSSR count). The molecule has 2 aromatic carbocycles. The number of benzene rings is 2. The minimum atomic E-state index is -3.76. The van der Waals surface area contributed by atoms with Gasteiger partial charge in [-0.1, -0.05) is 18.2 Å². The number of hydrogen-bond acceptors (Lipinski definition) is 8. The lowest BCUT2D eigenvalue weighted by atomic mass is 10.2. The highest BCUT2D eigenvalue weighted by molar-refractivity contribution is 7.90. The Morgan fingerprint density at radius 2 is 1.46 bits per heavy atom. The molecule has 0 saturated heterocycles. The van der Waals surface area contributed by atoms with Crippen LogP contribution in [0.25, 0.3) is 0 Å². The summed E-state index contributed by atoms with van der Waals surface area (Å²) in [6.07, 6.45) is 0.898. The molecule has 10 nitrogen and oxygen atoms in total. The SMILES string of the molecule is CS(=O)(=O)c1cccc(NCCNc2ccccc2[N+](=O)[O-])c1[N+](=O)[O-]. The summed E-state index contributed by atoms with van der Waals surface area (Å²) in [7, 11) is -3.76. The first kappa shape index (κ1) is 19.1. The molecule has 26 heavy (non-hydrogen) atoms. The first-order valence-corrected chi connectivity index (χ1v) is 9.29. The quantitative estimate of drug-likeness (QED) is 0.403. The van der Waals surface area contributed by atoms with Gasteiger partial charge in [0.15, 0.2) is 9.84 Å². The third-order valence-corrected chi connectivity index (χ3v) is 4.57. The standard InChI is InChI=1S/C15H16N4O6S/c1-26(24,25)14-8-4-6-12(15(14)19(22)23)17-10-9-16-11-5-2-3-7-13(11)18(20)21/h2-8,16-17H,9-10H2,1H3. The zero-order valence-corrected chi connectivity index (χ0v) is 14.5. The van der Waals surface area contributed by atoms with Gasteiger partial charge in [0.25, 0.3) is 5.69 Å². The first-order chi connectivity index (χ1) is 12.2. The van der Waals surface area contributed by atoms with Gasteiger partial charge in [-0.25, -0.2) is 8.42 Å². The average molecular weight is 380 g/mol. The predicted octanol–water partition coefficient (Wildman–Crippen LogP) is 2.43.